The van der Waals surface area contributed by atoms with Gasteiger partial charge < -0.3 is 5.32 Å². The average molecular weight is 275 g/mol. The Labute approximate surface area is 119 Å². The van der Waals surface area contributed by atoms with Gasteiger partial charge in [0.05, 0.1) is 0 Å². The van der Waals surface area contributed by atoms with Crippen molar-refractivity contribution in [1.29, 1.82) is 0 Å². The molecule has 1 N–H and O–H groups in total. The predicted molar refractivity (Wildman–Crippen MR) is 80.6 cm³/mol. The van der Waals surface area contributed by atoms with E-state index in [4.69, 9.17) is 0 Å². The van der Waals surface area contributed by atoms with E-state index in [1.54, 1.807) is 11.3 Å². The van der Waals surface area contributed by atoms with Crippen LogP contribution in [-0.2, 0) is 19.3 Å². The minimum absolute atomic E-state index is 0.989. The van der Waals surface area contributed by atoms with Crippen molar-refractivity contribution in [3.05, 3.63) is 45.9 Å². The number of nitrogens with zero attached hydrogens (tertiary/aromatic N) is 2. The molecular formula is C15H21N3S. The normalized spacial score (nSPS) is 10.8. The Morgan fingerprint density at radius 1 is 0.947 bits per heavy atom. The maximum Gasteiger partial charge on any atom is 0.118 e. The van der Waals surface area contributed by atoms with Gasteiger partial charge in [-0.2, -0.15) is 0 Å². The van der Waals surface area contributed by atoms with E-state index in [-0.39, 0.29) is 0 Å². The molecule has 0 saturated heterocycles. The number of nitrogens with one attached hydrogen (secondary N) is 1. The first-order chi connectivity index (χ1) is 9.38. The molecule has 2 rings (SSSR count). The lowest BCUT2D eigenvalue weighted by molar-refractivity contribution is 0.667. The van der Waals surface area contributed by atoms with Crippen molar-refractivity contribution < 1.29 is 0 Å². The van der Waals surface area contributed by atoms with E-state index in [0.29, 0.717) is 0 Å². The quantitative estimate of drug-likeness (QED) is 0.753. The largest absolute Gasteiger partial charge is 0.316 e. The zero-order valence-electron chi connectivity index (χ0n) is 11.4. The lowest BCUT2D eigenvalue weighted by atomic mass is 10.1. The smallest absolute Gasteiger partial charge is 0.118 e. The maximum atomic E-state index is 4.27. The van der Waals surface area contributed by atoms with Gasteiger partial charge in [0.15, 0.2) is 0 Å². The van der Waals surface area contributed by atoms with Crippen LogP contribution in [0.3, 0.4) is 0 Å². The van der Waals surface area contributed by atoms with Crippen molar-refractivity contribution >= 4 is 11.3 Å². The van der Waals surface area contributed by atoms with Crippen molar-refractivity contribution in [1.82, 2.24) is 15.5 Å². The Morgan fingerprint density at radius 3 is 2.42 bits per heavy atom. The summed E-state index contributed by atoms with van der Waals surface area (Å²) < 4.78 is 0. The Morgan fingerprint density at radius 2 is 1.68 bits per heavy atom. The highest BCUT2D eigenvalue weighted by molar-refractivity contribution is 7.11. The van der Waals surface area contributed by atoms with E-state index in [1.165, 1.54) is 12.0 Å². The summed E-state index contributed by atoms with van der Waals surface area (Å²) in [6, 6.07) is 10.5. The molecule has 0 saturated carbocycles. The van der Waals surface area contributed by atoms with Crippen molar-refractivity contribution in [2.24, 2.45) is 0 Å². The second kappa shape index (κ2) is 8.02. The molecule has 0 spiro atoms. The molecule has 4 heteroatoms. The third-order valence-corrected chi connectivity index (χ3v) is 3.96. The number of benzene rings is 1. The summed E-state index contributed by atoms with van der Waals surface area (Å²) in [4.78, 5) is 0. The first-order valence-electron chi connectivity index (χ1n) is 6.94. The van der Waals surface area contributed by atoms with Crippen LogP contribution in [-0.4, -0.2) is 23.3 Å². The van der Waals surface area contributed by atoms with Crippen LogP contribution >= 0.6 is 11.3 Å². The summed E-state index contributed by atoms with van der Waals surface area (Å²) in [6.45, 7) is 4.26. The summed E-state index contributed by atoms with van der Waals surface area (Å²) in [5.41, 5.74) is 1.36. The molecule has 0 fully saturated rings. The number of hydrogen-bond acceptors (Lipinski definition) is 4. The van der Waals surface area contributed by atoms with Crippen LogP contribution in [0.5, 0.6) is 0 Å². The summed E-state index contributed by atoms with van der Waals surface area (Å²) in [5.74, 6) is 0. The minimum atomic E-state index is 0.989. The maximum absolute atomic E-state index is 4.27. The van der Waals surface area contributed by atoms with E-state index in [9.17, 15) is 0 Å². The number of rotatable bonds is 8. The number of aryl methyl sites for hydroxylation is 2. The average Bonchev–Trinajstić information content (AvgIpc) is 2.91. The first-order valence-corrected chi connectivity index (χ1v) is 7.76. The van der Waals surface area contributed by atoms with E-state index in [2.05, 4.69) is 52.8 Å². The van der Waals surface area contributed by atoms with Gasteiger partial charge >= 0.3 is 0 Å². The van der Waals surface area contributed by atoms with Gasteiger partial charge in [-0.25, -0.2) is 0 Å². The third kappa shape index (κ3) is 5.09. The molecule has 0 bridgehead atoms. The van der Waals surface area contributed by atoms with E-state index in [1.807, 2.05) is 0 Å². The van der Waals surface area contributed by atoms with Crippen molar-refractivity contribution in [2.45, 2.75) is 32.6 Å². The second-order valence-corrected chi connectivity index (χ2v) is 5.72. The molecule has 0 atom stereocenters. The van der Waals surface area contributed by atoms with Crippen LogP contribution in [0.25, 0.3) is 0 Å². The summed E-state index contributed by atoms with van der Waals surface area (Å²) in [7, 11) is 0. The highest BCUT2D eigenvalue weighted by Gasteiger charge is 2.04. The summed E-state index contributed by atoms with van der Waals surface area (Å²) in [5, 5.41) is 14.2. The number of hydrogen-bond donors (Lipinski definition) is 1. The van der Waals surface area contributed by atoms with Crippen LogP contribution < -0.4 is 5.32 Å². The van der Waals surface area contributed by atoms with Gasteiger partial charge in [0.2, 0.25) is 0 Å². The molecule has 1 aromatic carbocycles. The minimum Gasteiger partial charge on any atom is -0.316 e. The van der Waals surface area contributed by atoms with E-state index < -0.39 is 0 Å². The Bertz CT molecular complexity index is 467. The van der Waals surface area contributed by atoms with Gasteiger partial charge in [-0.3, -0.25) is 0 Å². The molecule has 1 heterocycles. The molecule has 0 radical (unpaired) electrons. The molecule has 102 valence electrons. The molecule has 0 aliphatic heterocycles. The highest BCUT2D eigenvalue weighted by Crippen LogP contribution is 2.13. The molecule has 0 amide bonds. The molecule has 3 nitrogen and oxygen atoms in total. The molecule has 0 aliphatic carbocycles. The standard InChI is InChI=1S/C15H21N3S/c1-2-11-16-12-10-15-18-17-14(19-15)9-8-13-6-4-3-5-7-13/h3-7,16H,2,8-12H2,1H3. The van der Waals surface area contributed by atoms with Gasteiger partial charge in [-0.15, -0.1) is 21.5 Å². The van der Waals surface area contributed by atoms with Crippen molar-refractivity contribution in [3.63, 3.8) is 0 Å². The highest BCUT2D eigenvalue weighted by atomic mass is 32.1. The summed E-state index contributed by atoms with van der Waals surface area (Å²) >= 11 is 1.75. The number of aromatic nitrogens is 2. The van der Waals surface area contributed by atoms with Crippen LogP contribution in [0.15, 0.2) is 30.3 Å². The van der Waals surface area contributed by atoms with Gasteiger partial charge in [0.1, 0.15) is 10.0 Å². The van der Waals surface area contributed by atoms with Gasteiger partial charge in [-0.1, -0.05) is 37.3 Å². The van der Waals surface area contributed by atoms with Crippen LogP contribution in [0.2, 0.25) is 0 Å². The Kier molecular flexibility index (Phi) is 5.98. The predicted octanol–water partition coefficient (Wildman–Crippen LogP) is 2.87. The molecule has 1 aromatic heterocycles. The van der Waals surface area contributed by atoms with E-state index >= 15 is 0 Å². The monoisotopic (exact) mass is 275 g/mol. The fourth-order valence-corrected chi connectivity index (χ4v) is 2.73. The topological polar surface area (TPSA) is 37.8 Å². The first kappa shape index (κ1) is 14.2. The Hall–Kier alpha value is -1.26. The van der Waals surface area contributed by atoms with E-state index in [0.717, 1.165) is 42.4 Å². The fraction of sp³-hybridized carbons (Fsp3) is 0.467. The lowest BCUT2D eigenvalue weighted by Gasteiger charge is -1.99. The van der Waals surface area contributed by atoms with Gasteiger partial charge in [0, 0.05) is 19.4 Å². The van der Waals surface area contributed by atoms with Gasteiger partial charge in [0.25, 0.3) is 0 Å². The zero-order chi connectivity index (χ0) is 13.3. The molecule has 19 heavy (non-hydrogen) atoms. The van der Waals surface area contributed by atoms with Crippen molar-refractivity contribution in [2.75, 3.05) is 13.1 Å². The molecule has 0 unspecified atom stereocenters. The Balaban J connectivity index is 1.74. The van der Waals surface area contributed by atoms with Crippen LogP contribution in [0.1, 0.15) is 28.9 Å². The van der Waals surface area contributed by atoms with Crippen LogP contribution in [0.4, 0.5) is 0 Å². The molecule has 2 aromatic rings. The molecule has 0 aliphatic rings. The molecular weight excluding hydrogens is 254 g/mol. The lowest BCUT2D eigenvalue weighted by Crippen LogP contribution is -2.17. The van der Waals surface area contributed by atoms with Crippen molar-refractivity contribution in [3.8, 4) is 0 Å². The SMILES string of the molecule is CCCNCCc1nnc(CCc2ccccc2)s1. The zero-order valence-corrected chi connectivity index (χ0v) is 12.2. The fourth-order valence-electron chi connectivity index (χ4n) is 1.88. The van der Waals surface area contributed by atoms with Gasteiger partial charge in [-0.05, 0) is 24.9 Å². The second-order valence-electron chi connectivity index (χ2n) is 4.58. The third-order valence-electron chi connectivity index (χ3n) is 2.92. The van der Waals surface area contributed by atoms with Crippen LogP contribution in [0, 0.1) is 0 Å². The summed E-state index contributed by atoms with van der Waals surface area (Å²) in [6.07, 6.45) is 4.20.